The van der Waals surface area contributed by atoms with Crippen molar-refractivity contribution in [3.63, 3.8) is 0 Å². The van der Waals surface area contributed by atoms with Gasteiger partial charge in [-0.25, -0.2) is 13.1 Å². The van der Waals surface area contributed by atoms with Crippen LogP contribution in [0.5, 0.6) is 0 Å². The maximum Gasteiger partial charge on any atom is 0.240 e. The molecule has 0 aliphatic heterocycles. The largest absolute Gasteiger partial charge is 0.345 e. The molecule has 1 unspecified atom stereocenters. The predicted octanol–water partition coefficient (Wildman–Crippen LogP) is 0.844. The van der Waals surface area contributed by atoms with Crippen molar-refractivity contribution >= 4 is 15.9 Å². The maximum atomic E-state index is 12.0. The fourth-order valence-electron chi connectivity index (χ4n) is 1.74. The van der Waals surface area contributed by atoms with Crippen LogP contribution in [-0.2, 0) is 20.6 Å². The minimum absolute atomic E-state index is 0.230. The molecule has 0 heterocycles. The number of likely N-dealkylation sites (N-methyl/N-ethyl adjacent to an activating group) is 1. The Morgan fingerprint density at radius 1 is 1.38 bits per heavy atom. The summed E-state index contributed by atoms with van der Waals surface area (Å²) in [6.07, 6.45) is 0. The number of carbonyl (C=O) groups excluding carboxylic acids is 1. The third-order valence-electron chi connectivity index (χ3n) is 3.02. The summed E-state index contributed by atoms with van der Waals surface area (Å²) in [5, 5.41) is 8.69. The van der Waals surface area contributed by atoms with Gasteiger partial charge >= 0.3 is 0 Å². The number of nitrogens with one attached hydrogen (secondary N) is 1. The summed E-state index contributed by atoms with van der Waals surface area (Å²) in [7, 11) is -2.00. The fraction of sp³-hybridized carbons (Fsp3) is 0.429. The number of nitriles is 1. The zero-order chi connectivity index (χ0) is 16.0. The first-order valence-corrected chi connectivity index (χ1v) is 8.18. The molecule has 0 fully saturated rings. The quantitative estimate of drug-likeness (QED) is 0.843. The summed E-state index contributed by atoms with van der Waals surface area (Å²) >= 11 is 0. The van der Waals surface area contributed by atoms with E-state index >= 15 is 0 Å². The molecular weight excluding hydrogens is 290 g/mol. The number of sulfonamides is 1. The van der Waals surface area contributed by atoms with Crippen LogP contribution in [0.25, 0.3) is 0 Å². The third kappa shape index (κ3) is 5.17. The Labute approximate surface area is 125 Å². The highest BCUT2D eigenvalue weighted by Crippen LogP contribution is 2.08. The molecule has 0 radical (unpaired) electrons. The van der Waals surface area contributed by atoms with Crippen LogP contribution in [0, 0.1) is 11.3 Å². The molecule has 1 aromatic rings. The zero-order valence-corrected chi connectivity index (χ0v) is 13.1. The number of rotatable bonds is 6. The van der Waals surface area contributed by atoms with Gasteiger partial charge in [-0.1, -0.05) is 12.1 Å². The number of nitrogens with zero attached hydrogens (tertiary/aromatic N) is 2. The van der Waals surface area contributed by atoms with E-state index in [1.807, 2.05) is 13.0 Å². The van der Waals surface area contributed by atoms with Gasteiger partial charge in [-0.15, -0.1) is 0 Å². The summed E-state index contributed by atoms with van der Waals surface area (Å²) in [5.41, 5.74) is 1.03. The van der Waals surface area contributed by atoms with Gasteiger partial charge in [0, 0.05) is 13.6 Å². The molecule has 0 aliphatic rings. The molecule has 1 N–H and O–H groups in total. The Hall–Kier alpha value is -1.91. The minimum atomic E-state index is -3.62. The molecule has 0 saturated carbocycles. The normalized spacial score (nSPS) is 12.5. The van der Waals surface area contributed by atoms with Gasteiger partial charge in [-0.2, -0.15) is 5.26 Å². The Bertz CT molecular complexity index is 632. The van der Waals surface area contributed by atoms with Crippen LogP contribution < -0.4 is 4.72 Å². The van der Waals surface area contributed by atoms with Crippen molar-refractivity contribution in [1.29, 1.82) is 5.26 Å². The van der Waals surface area contributed by atoms with Crippen molar-refractivity contribution in [2.75, 3.05) is 13.6 Å². The van der Waals surface area contributed by atoms with E-state index in [1.54, 1.807) is 31.3 Å². The number of carbonyl (C=O) groups is 1. The van der Waals surface area contributed by atoms with Crippen LogP contribution in [-0.4, -0.2) is 38.9 Å². The van der Waals surface area contributed by atoms with E-state index in [0.29, 0.717) is 17.7 Å². The molecule has 0 aromatic heterocycles. The molecule has 0 spiro atoms. The highest BCUT2D eigenvalue weighted by molar-refractivity contribution is 7.88. The molecule has 21 heavy (non-hydrogen) atoms. The molecule has 0 bridgehead atoms. The molecule has 1 atom stereocenters. The predicted molar refractivity (Wildman–Crippen MR) is 79.7 cm³/mol. The lowest BCUT2D eigenvalue weighted by molar-refractivity contribution is -0.131. The first kappa shape index (κ1) is 17.1. The number of benzene rings is 1. The lowest BCUT2D eigenvalue weighted by Crippen LogP contribution is -2.45. The van der Waals surface area contributed by atoms with E-state index in [1.165, 1.54) is 11.8 Å². The number of amides is 1. The van der Waals surface area contributed by atoms with Crippen molar-refractivity contribution in [1.82, 2.24) is 9.62 Å². The van der Waals surface area contributed by atoms with E-state index in [4.69, 9.17) is 5.26 Å². The second-order valence-electron chi connectivity index (χ2n) is 4.76. The topological polar surface area (TPSA) is 90.3 Å². The van der Waals surface area contributed by atoms with Gasteiger partial charge in [-0.3, -0.25) is 4.79 Å². The van der Waals surface area contributed by atoms with Gasteiger partial charge < -0.3 is 4.90 Å². The van der Waals surface area contributed by atoms with E-state index in [9.17, 15) is 13.2 Å². The summed E-state index contributed by atoms with van der Waals surface area (Å²) in [6.45, 7) is 3.85. The number of hydrogen-bond donors (Lipinski definition) is 1. The average molecular weight is 309 g/mol. The van der Waals surface area contributed by atoms with Gasteiger partial charge in [0.2, 0.25) is 15.9 Å². The van der Waals surface area contributed by atoms with Crippen LogP contribution in [0.3, 0.4) is 0 Å². The molecule has 1 aromatic carbocycles. The van der Waals surface area contributed by atoms with Gasteiger partial charge in [0.1, 0.15) is 0 Å². The van der Waals surface area contributed by atoms with E-state index in [-0.39, 0.29) is 11.7 Å². The van der Waals surface area contributed by atoms with Gasteiger partial charge in [0.15, 0.2) is 0 Å². The summed E-state index contributed by atoms with van der Waals surface area (Å²) in [6, 6.07) is 7.45. The van der Waals surface area contributed by atoms with E-state index in [2.05, 4.69) is 4.72 Å². The molecule has 6 nitrogen and oxygen atoms in total. The van der Waals surface area contributed by atoms with Crippen LogP contribution in [0.4, 0.5) is 0 Å². The first-order valence-electron chi connectivity index (χ1n) is 6.53. The smallest absolute Gasteiger partial charge is 0.240 e. The van der Waals surface area contributed by atoms with Crippen molar-refractivity contribution < 1.29 is 13.2 Å². The summed E-state index contributed by atoms with van der Waals surface area (Å²) in [4.78, 5) is 13.3. The van der Waals surface area contributed by atoms with Gasteiger partial charge in [0.05, 0.1) is 23.4 Å². The Balaban J connectivity index is 2.73. The third-order valence-corrected chi connectivity index (χ3v) is 4.44. The molecule has 1 amide bonds. The van der Waals surface area contributed by atoms with Crippen molar-refractivity contribution in [2.45, 2.75) is 25.6 Å². The summed E-state index contributed by atoms with van der Waals surface area (Å²) < 4.78 is 26.4. The monoisotopic (exact) mass is 309 g/mol. The molecule has 0 saturated heterocycles. The maximum absolute atomic E-state index is 12.0. The Morgan fingerprint density at radius 3 is 2.43 bits per heavy atom. The average Bonchev–Trinajstić information content (AvgIpc) is 2.45. The van der Waals surface area contributed by atoms with Crippen LogP contribution in [0.2, 0.25) is 0 Å². The second-order valence-corrected chi connectivity index (χ2v) is 6.51. The summed E-state index contributed by atoms with van der Waals surface area (Å²) in [5.74, 6) is -0.507. The highest BCUT2D eigenvalue weighted by atomic mass is 32.2. The van der Waals surface area contributed by atoms with Crippen molar-refractivity contribution in [3.8, 4) is 6.07 Å². The Kier molecular flexibility index (Phi) is 5.88. The number of hydrogen-bond acceptors (Lipinski definition) is 4. The molecular formula is C14H19N3O3S. The van der Waals surface area contributed by atoms with Gasteiger partial charge in [0.25, 0.3) is 0 Å². The zero-order valence-electron chi connectivity index (χ0n) is 12.3. The van der Waals surface area contributed by atoms with Crippen molar-refractivity contribution in [2.24, 2.45) is 0 Å². The Morgan fingerprint density at radius 2 is 1.95 bits per heavy atom. The van der Waals surface area contributed by atoms with Crippen LogP contribution in [0.15, 0.2) is 24.3 Å². The minimum Gasteiger partial charge on any atom is -0.345 e. The molecule has 7 heteroatoms. The lowest BCUT2D eigenvalue weighted by atomic mass is 10.2. The fourth-order valence-corrected chi connectivity index (χ4v) is 3.10. The lowest BCUT2D eigenvalue weighted by Gasteiger charge is -2.20. The standard InChI is InChI=1S/C14H19N3O3S/c1-4-17(3)14(18)11(2)16-21(19,20)10-13-7-5-12(9-15)6-8-13/h5-8,11,16H,4,10H2,1-3H3. The molecule has 0 aliphatic carbocycles. The van der Waals surface area contributed by atoms with Crippen LogP contribution in [0.1, 0.15) is 25.0 Å². The van der Waals surface area contributed by atoms with Crippen molar-refractivity contribution in [3.05, 3.63) is 35.4 Å². The first-order chi connectivity index (χ1) is 9.79. The second kappa shape index (κ2) is 7.20. The highest BCUT2D eigenvalue weighted by Gasteiger charge is 2.22. The van der Waals surface area contributed by atoms with Crippen LogP contribution >= 0.6 is 0 Å². The van der Waals surface area contributed by atoms with E-state index in [0.717, 1.165) is 0 Å². The molecule has 114 valence electrons. The van der Waals surface area contributed by atoms with Gasteiger partial charge in [-0.05, 0) is 31.5 Å². The van der Waals surface area contributed by atoms with E-state index < -0.39 is 16.1 Å². The molecule has 1 rings (SSSR count). The SMILES string of the molecule is CCN(C)C(=O)C(C)NS(=O)(=O)Cc1ccc(C#N)cc1.